The summed E-state index contributed by atoms with van der Waals surface area (Å²) in [5, 5.41) is 2.55. The average molecular weight is 276 g/mol. The number of carbonyl (C=O) groups is 2. The summed E-state index contributed by atoms with van der Waals surface area (Å²) in [6, 6.07) is 5.81. The Morgan fingerprint density at radius 2 is 1.85 bits per heavy atom. The molecule has 1 saturated heterocycles. The quantitative estimate of drug-likeness (QED) is 0.849. The van der Waals surface area contributed by atoms with Gasteiger partial charge in [0.15, 0.2) is 0 Å². The number of amides is 2. The summed E-state index contributed by atoms with van der Waals surface area (Å²) in [5.41, 5.74) is 0.729. The third kappa shape index (κ3) is 4.19. The van der Waals surface area contributed by atoms with E-state index in [-0.39, 0.29) is 24.2 Å². The highest BCUT2D eigenvalue weighted by molar-refractivity contribution is 5.94. The molecule has 0 bridgehead atoms. The zero-order valence-corrected chi connectivity index (χ0v) is 11.1. The van der Waals surface area contributed by atoms with E-state index in [1.165, 1.54) is 18.2 Å². The number of carbonyl (C=O) groups excluding carboxylic acids is 2. The third-order valence-electron chi connectivity index (χ3n) is 3.17. The molecule has 0 atom stereocenters. The third-order valence-corrected chi connectivity index (χ3v) is 3.17. The summed E-state index contributed by atoms with van der Waals surface area (Å²) in [4.78, 5) is 25.0. The van der Waals surface area contributed by atoms with Gasteiger partial charge in [0, 0.05) is 19.2 Å². The van der Waals surface area contributed by atoms with Gasteiger partial charge in [-0.25, -0.2) is 4.39 Å². The number of nitrogens with zero attached hydrogens (tertiary/aromatic N) is 1. The lowest BCUT2D eigenvalue weighted by atomic mass is 10.2. The van der Waals surface area contributed by atoms with Crippen LogP contribution in [0.1, 0.15) is 18.4 Å². The predicted molar refractivity (Wildman–Crippen MR) is 74.3 cm³/mol. The highest BCUT2D eigenvalue weighted by Crippen LogP contribution is 2.07. The number of rotatable bonds is 4. The van der Waals surface area contributed by atoms with Crippen molar-refractivity contribution in [3.63, 3.8) is 0 Å². The summed E-state index contributed by atoms with van der Waals surface area (Å²) in [7, 11) is 0. The summed E-state index contributed by atoms with van der Waals surface area (Å²) >= 11 is 0. The number of likely N-dealkylation sites (tertiary alicyclic amines) is 1. The molecular weight excluding hydrogens is 259 g/mol. The molecule has 0 aromatic heterocycles. The van der Waals surface area contributed by atoms with Crippen LogP contribution in [0.15, 0.2) is 30.3 Å². The lowest BCUT2D eigenvalue weighted by Crippen LogP contribution is -2.38. The minimum Gasteiger partial charge on any atom is -0.343 e. The molecule has 5 heteroatoms. The van der Waals surface area contributed by atoms with Gasteiger partial charge >= 0.3 is 0 Å². The van der Waals surface area contributed by atoms with Gasteiger partial charge in [0.25, 0.3) is 0 Å². The first-order valence-electron chi connectivity index (χ1n) is 6.64. The maximum atomic E-state index is 12.7. The highest BCUT2D eigenvalue weighted by atomic mass is 19.1. The van der Waals surface area contributed by atoms with Crippen LogP contribution in [0.5, 0.6) is 0 Å². The first kappa shape index (κ1) is 14.2. The van der Waals surface area contributed by atoms with E-state index in [0.717, 1.165) is 31.5 Å². The second-order valence-corrected chi connectivity index (χ2v) is 4.69. The van der Waals surface area contributed by atoms with E-state index < -0.39 is 0 Å². The van der Waals surface area contributed by atoms with Gasteiger partial charge in [-0.05, 0) is 36.6 Å². The van der Waals surface area contributed by atoms with Gasteiger partial charge in [0.1, 0.15) is 5.82 Å². The molecule has 1 aromatic rings. The van der Waals surface area contributed by atoms with Gasteiger partial charge in [-0.3, -0.25) is 9.59 Å². The highest BCUT2D eigenvalue weighted by Gasteiger charge is 2.17. The second kappa shape index (κ2) is 6.84. The maximum Gasteiger partial charge on any atom is 0.244 e. The molecule has 0 spiro atoms. The van der Waals surface area contributed by atoms with Crippen molar-refractivity contribution in [1.82, 2.24) is 10.2 Å². The van der Waals surface area contributed by atoms with Crippen molar-refractivity contribution in [3.05, 3.63) is 41.7 Å². The fourth-order valence-electron chi connectivity index (χ4n) is 2.05. The Morgan fingerprint density at radius 3 is 2.50 bits per heavy atom. The molecular formula is C15H17FN2O2. The van der Waals surface area contributed by atoms with Gasteiger partial charge in [-0.1, -0.05) is 12.1 Å². The Balaban J connectivity index is 1.77. The Bertz CT molecular complexity index is 505. The summed E-state index contributed by atoms with van der Waals surface area (Å²) in [6.45, 7) is 1.58. The van der Waals surface area contributed by atoms with Gasteiger partial charge in [0.05, 0.1) is 6.54 Å². The number of nitrogens with one attached hydrogen (secondary N) is 1. The summed E-state index contributed by atoms with van der Waals surface area (Å²) in [6.07, 6.45) is 4.98. The first-order valence-corrected chi connectivity index (χ1v) is 6.64. The topological polar surface area (TPSA) is 49.4 Å². The van der Waals surface area contributed by atoms with Crippen molar-refractivity contribution in [1.29, 1.82) is 0 Å². The largest absolute Gasteiger partial charge is 0.343 e. The van der Waals surface area contributed by atoms with Crippen molar-refractivity contribution < 1.29 is 14.0 Å². The predicted octanol–water partition coefficient (Wildman–Crippen LogP) is 1.58. The van der Waals surface area contributed by atoms with Crippen LogP contribution in [-0.2, 0) is 9.59 Å². The monoisotopic (exact) mass is 276 g/mol. The molecule has 1 heterocycles. The van der Waals surface area contributed by atoms with E-state index in [4.69, 9.17) is 0 Å². The van der Waals surface area contributed by atoms with Crippen LogP contribution in [0.4, 0.5) is 4.39 Å². The van der Waals surface area contributed by atoms with Crippen molar-refractivity contribution in [3.8, 4) is 0 Å². The van der Waals surface area contributed by atoms with E-state index in [1.54, 1.807) is 23.1 Å². The fourth-order valence-corrected chi connectivity index (χ4v) is 2.05. The lowest BCUT2D eigenvalue weighted by molar-refractivity contribution is -0.131. The zero-order valence-electron chi connectivity index (χ0n) is 11.1. The van der Waals surface area contributed by atoms with Crippen LogP contribution in [0.2, 0.25) is 0 Å². The van der Waals surface area contributed by atoms with E-state index in [0.29, 0.717) is 0 Å². The van der Waals surface area contributed by atoms with Crippen molar-refractivity contribution in [2.75, 3.05) is 19.6 Å². The summed E-state index contributed by atoms with van der Waals surface area (Å²) in [5.74, 6) is -0.698. The van der Waals surface area contributed by atoms with Crippen LogP contribution in [0.25, 0.3) is 6.08 Å². The summed E-state index contributed by atoms with van der Waals surface area (Å²) < 4.78 is 12.7. The lowest BCUT2D eigenvalue weighted by Gasteiger charge is -2.14. The molecule has 1 fully saturated rings. The number of hydrogen-bond acceptors (Lipinski definition) is 2. The normalized spacial score (nSPS) is 14.8. The molecule has 2 amide bonds. The van der Waals surface area contributed by atoms with E-state index in [1.807, 2.05) is 0 Å². The van der Waals surface area contributed by atoms with Crippen molar-refractivity contribution in [2.24, 2.45) is 0 Å². The van der Waals surface area contributed by atoms with Gasteiger partial charge in [-0.15, -0.1) is 0 Å². The van der Waals surface area contributed by atoms with Crippen LogP contribution < -0.4 is 5.32 Å². The van der Waals surface area contributed by atoms with Gasteiger partial charge in [0.2, 0.25) is 11.8 Å². The van der Waals surface area contributed by atoms with E-state index in [2.05, 4.69) is 5.32 Å². The van der Waals surface area contributed by atoms with Gasteiger partial charge < -0.3 is 10.2 Å². The van der Waals surface area contributed by atoms with Gasteiger partial charge in [-0.2, -0.15) is 0 Å². The molecule has 1 aliphatic rings. The van der Waals surface area contributed by atoms with Crippen molar-refractivity contribution in [2.45, 2.75) is 12.8 Å². The molecule has 106 valence electrons. The number of hydrogen-bond donors (Lipinski definition) is 1. The van der Waals surface area contributed by atoms with Crippen LogP contribution in [0.3, 0.4) is 0 Å². The minimum atomic E-state index is -0.332. The molecule has 1 N–H and O–H groups in total. The molecule has 0 radical (unpaired) electrons. The maximum absolute atomic E-state index is 12.7. The SMILES string of the molecule is O=C(/C=C/c1ccc(F)cc1)NCC(=O)N1CCCC1. The molecule has 0 saturated carbocycles. The number of benzene rings is 1. The second-order valence-electron chi connectivity index (χ2n) is 4.69. The Labute approximate surface area is 117 Å². The fraction of sp³-hybridized carbons (Fsp3) is 0.333. The number of halogens is 1. The Morgan fingerprint density at radius 1 is 1.20 bits per heavy atom. The Hall–Kier alpha value is -2.17. The van der Waals surface area contributed by atoms with E-state index in [9.17, 15) is 14.0 Å². The van der Waals surface area contributed by atoms with Crippen LogP contribution >= 0.6 is 0 Å². The standard InChI is InChI=1S/C15H17FN2O2/c16-13-6-3-12(4-7-13)5-8-14(19)17-11-15(20)18-9-1-2-10-18/h3-8H,1-2,9-11H2,(H,17,19)/b8-5+. The molecule has 0 aliphatic carbocycles. The zero-order chi connectivity index (χ0) is 14.4. The molecule has 4 nitrogen and oxygen atoms in total. The van der Waals surface area contributed by atoms with Crippen LogP contribution in [0, 0.1) is 5.82 Å². The molecule has 1 aromatic carbocycles. The van der Waals surface area contributed by atoms with E-state index >= 15 is 0 Å². The molecule has 0 unspecified atom stereocenters. The molecule has 2 rings (SSSR count). The minimum absolute atomic E-state index is 0.0204. The first-order chi connectivity index (χ1) is 9.65. The molecule has 20 heavy (non-hydrogen) atoms. The Kier molecular flexibility index (Phi) is 4.87. The van der Waals surface area contributed by atoms with Crippen molar-refractivity contribution >= 4 is 17.9 Å². The van der Waals surface area contributed by atoms with Crippen LogP contribution in [-0.4, -0.2) is 36.3 Å². The molecule has 1 aliphatic heterocycles. The smallest absolute Gasteiger partial charge is 0.244 e. The average Bonchev–Trinajstić information content (AvgIpc) is 2.98.